The molecule has 4 aliphatic rings. The highest BCUT2D eigenvalue weighted by molar-refractivity contribution is 5.33. The fourth-order valence-corrected chi connectivity index (χ4v) is 6.51. The minimum Gasteiger partial charge on any atom is -0.0673 e. The van der Waals surface area contributed by atoms with Crippen LogP contribution in [0, 0.1) is 23.2 Å². The molecule has 0 aliphatic heterocycles. The normalized spacial score (nSPS) is 34.9. The van der Waals surface area contributed by atoms with Crippen LogP contribution in [0.2, 0.25) is 0 Å². The summed E-state index contributed by atoms with van der Waals surface area (Å²) in [5.41, 5.74) is 4.66. The SMILES string of the molecule is CCCCCC1=C2CC1CCC1CCC(CC)(CCCCC)CCC21. The Hall–Kier alpha value is -0.260. The quantitative estimate of drug-likeness (QED) is 0.290. The summed E-state index contributed by atoms with van der Waals surface area (Å²) in [6.07, 6.45) is 23.7. The Bertz CT molecular complexity index is 445. The van der Waals surface area contributed by atoms with E-state index in [0.29, 0.717) is 5.41 Å². The highest BCUT2D eigenvalue weighted by Gasteiger charge is 2.43. The molecule has 4 unspecified atom stereocenters. The third-order valence-electron chi connectivity index (χ3n) is 8.42. The zero-order chi connectivity index (χ0) is 17.7. The van der Waals surface area contributed by atoms with E-state index in [1.54, 1.807) is 12.8 Å². The first-order valence-electron chi connectivity index (χ1n) is 11.9. The molecule has 0 heterocycles. The number of fused-ring (bicyclic) bond motifs is 1. The molecule has 0 amide bonds. The molecule has 0 N–H and O–H groups in total. The molecule has 0 saturated heterocycles. The monoisotopic (exact) mass is 344 g/mol. The number of unbranched alkanes of at least 4 members (excludes halogenated alkanes) is 4. The van der Waals surface area contributed by atoms with Crippen molar-refractivity contribution in [3.63, 3.8) is 0 Å². The van der Waals surface area contributed by atoms with Crippen LogP contribution in [-0.2, 0) is 0 Å². The van der Waals surface area contributed by atoms with Crippen LogP contribution in [0.1, 0.15) is 124 Å². The van der Waals surface area contributed by atoms with E-state index in [1.807, 2.05) is 11.1 Å². The number of hydrogen-bond acceptors (Lipinski definition) is 0. The van der Waals surface area contributed by atoms with Crippen LogP contribution < -0.4 is 0 Å². The smallest absolute Gasteiger partial charge is 0.0163 e. The standard InChI is InChI=1S/C25H44/c1-4-7-9-11-22-21-13-12-20-14-17-25(6-3,16-10-8-5-2)18-15-23(20)24(22)19-21/h20-21,23H,4-19H2,1-3H3. The molecule has 0 radical (unpaired) electrons. The molecule has 25 heavy (non-hydrogen) atoms. The second kappa shape index (κ2) is 9.09. The molecule has 144 valence electrons. The van der Waals surface area contributed by atoms with Gasteiger partial charge in [-0.05, 0) is 87.4 Å². The fraction of sp³-hybridized carbons (Fsp3) is 0.920. The lowest BCUT2D eigenvalue weighted by molar-refractivity contribution is 0.200. The number of rotatable bonds is 9. The maximum absolute atomic E-state index is 2.49. The Kier molecular flexibility index (Phi) is 7.09. The summed E-state index contributed by atoms with van der Waals surface area (Å²) in [5, 5.41) is 0. The van der Waals surface area contributed by atoms with Gasteiger partial charge in [-0.2, -0.15) is 0 Å². The van der Waals surface area contributed by atoms with Gasteiger partial charge in [-0.25, -0.2) is 0 Å². The molecule has 4 atom stereocenters. The number of hydrogen-bond donors (Lipinski definition) is 0. The van der Waals surface area contributed by atoms with E-state index in [9.17, 15) is 0 Å². The molecule has 0 spiro atoms. The van der Waals surface area contributed by atoms with Crippen LogP contribution in [0.5, 0.6) is 0 Å². The third kappa shape index (κ3) is 4.36. The maximum atomic E-state index is 2.49. The van der Waals surface area contributed by atoms with Crippen molar-refractivity contribution in [3.8, 4) is 0 Å². The first-order valence-corrected chi connectivity index (χ1v) is 11.9. The van der Waals surface area contributed by atoms with E-state index in [4.69, 9.17) is 0 Å². The first kappa shape index (κ1) is 19.5. The van der Waals surface area contributed by atoms with Crippen molar-refractivity contribution in [2.45, 2.75) is 124 Å². The summed E-state index contributed by atoms with van der Waals surface area (Å²) < 4.78 is 0. The van der Waals surface area contributed by atoms with E-state index in [2.05, 4.69) is 20.8 Å². The predicted molar refractivity (Wildman–Crippen MR) is 111 cm³/mol. The Morgan fingerprint density at radius 2 is 1.60 bits per heavy atom. The second-order valence-electron chi connectivity index (χ2n) is 9.74. The highest BCUT2D eigenvalue weighted by Crippen LogP contribution is 2.56. The van der Waals surface area contributed by atoms with Gasteiger partial charge < -0.3 is 0 Å². The van der Waals surface area contributed by atoms with E-state index < -0.39 is 0 Å². The molecule has 0 nitrogen and oxygen atoms in total. The van der Waals surface area contributed by atoms with Gasteiger partial charge >= 0.3 is 0 Å². The zero-order valence-corrected chi connectivity index (χ0v) is 17.5. The third-order valence-corrected chi connectivity index (χ3v) is 8.42. The molecule has 4 rings (SSSR count). The summed E-state index contributed by atoms with van der Waals surface area (Å²) in [4.78, 5) is 0. The maximum Gasteiger partial charge on any atom is -0.0163 e. The summed E-state index contributed by atoms with van der Waals surface area (Å²) in [6.45, 7) is 7.18. The predicted octanol–water partition coefficient (Wildman–Crippen LogP) is 8.46. The molecule has 0 aromatic heterocycles. The minimum atomic E-state index is 0.702. The first-order chi connectivity index (χ1) is 12.2. The Morgan fingerprint density at radius 1 is 0.840 bits per heavy atom. The molecule has 0 heteroatoms. The molecule has 2 saturated carbocycles. The molecule has 0 aromatic rings. The van der Waals surface area contributed by atoms with Crippen LogP contribution in [0.4, 0.5) is 0 Å². The Morgan fingerprint density at radius 3 is 2.36 bits per heavy atom. The Labute approximate surface area is 158 Å². The topological polar surface area (TPSA) is 0 Å². The van der Waals surface area contributed by atoms with Crippen LogP contribution in [0.3, 0.4) is 0 Å². The van der Waals surface area contributed by atoms with E-state index in [-0.39, 0.29) is 0 Å². The second-order valence-corrected chi connectivity index (χ2v) is 9.74. The van der Waals surface area contributed by atoms with Gasteiger partial charge in [0.25, 0.3) is 0 Å². The average molecular weight is 345 g/mol. The largest absolute Gasteiger partial charge is 0.0673 e. The van der Waals surface area contributed by atoms with Crippen molar-refractivity contribution in [1.29, 1.82) is 0 Å². The van der Waals surface area contributed by atoms with Crippen molar-refractivity contribution >= 4 is 0 Å². The summed E-state index contributed by atoms with van der Waals surface area (Å²) in [7, 11) is 0. The lowest BCUT2D eigenvalue weighted by Gasteiger charge is -2.37. The number of allylic oxidation sites excluding steroid dienone is 2. The van der Waals surface area contributed by atoms with Crippen LogP contribution >= 0.6 is 0 Å². The zero-order valence-electron chi connectivity index (χ0n) is 17.5. The molecular formula is C25H44. The Balaban J connectivity index is 1.67. The van der Waals surface area contributed by atoms with Crippen LogP contribution in [-0.4, -0.2) is 0 Å². The summed E-state index contributed by atoms with van der Waals surface area (Å²) in [5.74, 6) is 3.05. The van der Waals surface area contributed by atoms with E-state index >= 15 is 0 Å². The van der Waals surface area contributed by atoms with E-state index in [1.165, 1.54) is 89.9 Å². The fourth-order valence-electron chi connectivity index (χ4n) is 6.51. The van der Waals surface area contributed by atoms with Gasteiger partial charge in [0.05, 0.1) is 0 Å². The molecule has 2 bridgehead atoms. The summed E-state index contributed by atoms with van der Waals surface area (Å²) >= 11 is 0. The molecular weight excluding hydrogens is 300 g/mol. The summed E-state index contributed by atoms with van der Waals surface area (Å²) in [6, 6.07) is 0. The van der Waals surface area contributed by atoms with Gasteiger partial charge in [0, 0.05) is 0 Å². The van der Waals surface area contributed by atoms with Crippen molar-refractivity contribution in [2.75, 3.05) is 0 Å². The van der Waals surface area contributed by atoms with Crippen LogP contribution in [0.15, 0.2) is 11.1 Å². The van der Waals surface area contributed by atoms with Crippen molar-refractivity contribution < 1.29 is 0 Å². The lowest BCUT2D eigenvalue weighted by atomic mass is 9.68. The van der Waals surface area contributed by atoms with Gasteiger partial charge in [0.1, 0.15) is 0 Å². The molecule has 4 aliphatic carbocycles. The molecule has 0 aromatic carbocycles. The van der Waals surface area contributed by atoms with Gasteiger partial charge in [-0.3, -0.25) is 0 Å². The van der Waals surface area contributed by atoms with Crippen molar-refractivity contribution in [1.82, 2.24) is 0 Å². The van der Waals surface area contributed by atoms with Gasteiger partial charge in [-0.1, -0.05) is 70.4 Å². The van der Waals surface area contributed by atoms with Gasteiger partial charge in [-0.15, -0.1) is 0 Å². The average Bonchev–Trinajstić information content (AvgIpc) is 2.96. The van der Waals surface area contributed by atoms with Gasteiger partial charge in [0.15, 0.2) is 0 Å². The van der Waals surface area contributed by atoms with E-state index in [0.717, 1.165) is 17.8 Å². The van der Waals surface area contributed by atoms with Crippen molar-refractivity contribution in [3.05, 3.63) is 11.1 Å². The minimum absolute atomic E-state index is 0.702. The lowest BCUT2D eigenvalue weighted by Crippen LogP contribution is -2.23. The highest BCUT2D eigenvalue weighted by atomic mass is 14.5. The van der Waals surface area contributed by atoms with Gasteiger partial charge in [0.2, 0.25) is 0 Å². The molecule has 2 fully saturated rings. The van der Waals surface area contributed by atoms with Crippen molar-refractivity contribution in [2.24, 2.45) is 23.2 Å². The van der Waals surface area contributed by atoms with Crippen LogP contribution in [0.25, 0.3) is 0 Å².